The summed E-state index contributed by atoms with van der Waals surface area (Å²) in [5.74, 6) is 2.48. The van der Waals surface area contributed by atoms with E-state index in [-0.39, 0.29) is 17.9 Å². The van der Waals surface area contributed by atoms with E-state index in [2.05, 4.69) is 25.3 Å². The van der Waals surface area contributed by atoms with Gasteiger partial charge in [-0.2, -0.15) is 4.98 Å². The molecule has 132 valence electrons. The number of hydrogen-bond donors (Lipinski definition) is 1. The molecule has 4 rings (SSSR count). The van der Waals surface area contributed by atoms with Crippen molar-refractivity contribution < 1.29 is 9.32 Å². The molecule has 1 N–H and O–H groups in total. The Balaban J connectivity index is 1.42. The Kier molecular flexibility index (Phi) is 4.38. The Morgan fingerprint density at radius 1 is 1.28 bits per heavy atom. The average molecular weight is 341 g/mol. The highest BCUT2D eigenvalue weighted by Gasteiger charge is 2.29. The smallest absolute Gasteiger partial charge is 0.261 e. The summed E-state index contributed by atoms with van der Waals surface area (Å²) in [7, 11) is 0. The Hall–Kier alpha value is -2.44. The molecular weight excluding hydrogens is 318 g/mol. The average Bonchev–Trinajstić information content (AvgIpc) is 3.00. The van der Waals surface area contributed by atoms with E-state index in [9.17, 15) is 4.79 Å². The first-order valence-corrected chi connectivity index (χ1v) is 9.02. The van der Waals surface area contributed by atoms with Crippen LogP contribution in [0.4, 0.5) is 5.82 Å². The molecule has 0 aromatic carbocycles. The van der Waals surface area contributed by atoms with Crippen LogP contribution < -0.4 is 10.2 Å². The van der Waals surface area contributed by atoms with Crippen LogP contribution in [0, 0.1) is 12.8 Å². The van der Waals surface area contributed by atoms with Gasteiger partial charge in [0, 0.05) is 31.2 Å². The van der Waals surface area contributed by atoms with Gasteiger partial charge in [0.25, 0.3) is 5.89 Å². The molecule has 25 heavy (non-hydrogen) atoms. The van der Waals surface area contributed by atoms with Crippen LogP contribution in [0.5, 0.6) is 0 Å². The Morgan fingerprint density at radius 3 is 2.72 bits per heavy atom. The first kappa shape index (κ1) is 16.1. The number of pyridine rings is 1. The van der Waals surface area contributed by atoms with Crippen LogP contribution in [-0.4, -0.2) is 40.2 Å². The number of nitrogens with one attached hydrogen (secondary N) is 1. The number of rotatable bonds is 4. The molecule has 0 spiro atoms. The number of aryl methyl sites for hydroxylation is 1. The number of carbonyl (C=O) groups is 1. The number of anilines is 1. The molecule has 2 aliphatic rings. The molecular formula is C18H23N5O2. The minimum absolute atomic E-state index is 0.240. The molecule has 0 atom stereocenters. The summed E-state index contributed by atoms with van der Waals surface area (Å²) in [6.07, 6.45) is 6.92. The van der Waals surface area contributed by atoms with Crippen molar-refractivity contribution in [2.75, 3.05) is 18.0 Å². The largest absolute Gasteiger partial charge is 0.356 e. The number of carbonyl (C=O) groups excluding carboxylic acids is 1. The van der Waals surface area contributed by atoms with Gasteiger partial charge in [0.15, 0.2) is 5.82 Å². The van der Waals surface area contributed by atoms with Gasteiger partial charge >= 0.3 is 0 Å². The fourth-order valence-electron chi connectivity index (χ4n) is 3.45. The SMILES string of the molecule is Cc1noc(-c2cccnc2N2CCC(NC(=O)C3CCC3)CC2)n1. The number of piperidine rings is 1. The lowest BCUT2D eigenvalue weighted by molar-refractivity contribution is -0.128. The van der Waals surface area contributed by atoms with Gasteiger partial charge in [-0.25, -0.2) is 4.98 Å². The first-order valence-electron chi connectivity index (χ1n) is 9.02. The van der Waals surface area contributed by atoms with E-state index in [1.807, 2.05) is 12.1 Å². The zero-order valence-corrected chi connectivity index (χ0v) is 14.4. The van der Waals surface area contributed by atoms with Gasteiger partial charge in [0.05, 0.1) is 5.56 Å². The second kappa shape index (κ2) is 6.82. The highest BCUT2D eigenvalue weighted by molar-refractivity contribution is 5.79. The van der Waals surface area contributed by atoms with Crippen molar-refractivity contribution in [3.63, 3.8) is 0 Å². The van der Waals surface area contributed by atoms with Crippen molar-refractivity contribution in [2.24, 2.45) is 5.92 Å². The van der Waals surface area contributed by atoms with Gasteiger partial charge in [-0.3, -0.25) is 4.79 Å². The molecule has 1 aliphatic carbocycles. The fourth-order valence-corrected chi connectivity index (χ4v) is 3.45. The summed E-state index contributed by atoms with van der Waals surface area (Å²) in [5.41, 5.74) is 0.861. The van der Waals surface area contributed by atoms with Crippen LogP contribution in [0.25, 0.3) is 11.5 Å². The van der Waals surface area contributed by atoms with E-state index < -0.39 is 0 Å². The Labute approximate surface area is 146 Å². The highest BCUT2D eigenvalue weighted by atomic mass is 16.5. The van der Waals surface area contributed by atoms with Crippen LogP contribution in [0.15, 0.2) is 22.9 Å². The molecule has 7 heteroatoms. The highest BCUT2D eigenvalue weighted by Crippen LogP contribution is 2.30. The third-order valence-electron chi connectivity index (χ3n) is 5.16. The van der Waals surface area contributed by atoms with Crippen LogP contribution in [-0.2, 0) is 4.79 Å². The van der Waals surface area contributed by atoms with E-state index in [1.54, 1.807) is 13.1 Å². The van der Waals surface area contributed by atoms with Gasteiger partial charge in [0.2, 0.25) is 5.91 Å². The predicted molar refractivity (Wildman–Crippen MR) is 93.0 cm³/mol. The summed E-state index contributed by atoms with van der Waals surface area (Å²) >= 11 is 0. The summed E-state index contributed by atoms with van der Waals surface area (Å²) < 4.78 is 5.32. The monoisotopic (exact) mass is 341 g/mol. The summed E-state index contributed by atoms with van der Waals surface area (Å²) in [4.78, 5) is 23.2. The maximum atomic E-state index is 12.1. The third kappa shape index (κ3) is 3.36. The molecule has 1 saturated heterocycles. The zero-order chi connectivity index (χ0) is 17.2. The molecule has 0 radical (unpaired) electrons. The lowest BCUT2D eigenvalue weighted by Gasteiger charge is -2.35. The molecule has 0 unspecified atom stereocenters. The maximum absolute atomic E-state index is 12.1. The summed E-state index contributed by atoms with van der Waals surface area (Å²) in [5, 5.41) is 7.09. The number of hydrogen-bond acceptors (Lipinski definition) is 6. The van der Waals surface area contributed by atoms with Crippen molar-refractivity contribution in [1.82, 2.24) is 20.4 Å². The van der Waals surface area contributed by atoms with E-state index in [1.165, 1.54) is 6.42 Å². The molecule has 2 aromatic heterocycles. The van der Waals surface area contributed by atoms with Crippen LogP contribution in [0.2, 0.25) is 0 Å². The normalized spacial score (nSPS) is 18.8. The van der Waals surface area contributed by atoms with E-state index in [4.69, 9.17) is 4.52 Å². The zero-order valence-electron chi connectivity index (χ0n) is 14.4. The van der Waals surface area contributed by atoms with Crippen LogP contribution in [0.1, 0.15) is 37.9 Å². The van der Waals surface area contributed by atoms with Crippen molar-refractivity contribution in [3.8, 4) is 11.5 Å². The summed E-state index contributed by atoms with van der Waals surface area (Å²) in [6.45, 7) is 3.51. The molecule has 0 bridgehead atoms. The first-order chi connectivity index (χ1) is 12.2. The van der Waals surface area contributed by atoms with Gasteiger partial charge in [-0.1, -0.05) is 11.6 Å². The summed E-state index contributed by atoms with van der Waals surface area (Å²) in [6, 6.07) is 4.10. The number of amides is 1. The molecule has 1 amide bonds. The maximum Gasteiger partial charge on any atom is 0.261 e. The molecule has 1 aliphatic heterocycles. The topological polar surface area (TPSA) is 84.2 Å². The van der Waals surface area contributed by atoms with Crippen molar-refractivity contribution in [3.05, 3.63) is 24.2 Å². The fraction of sp³-hybridized carbons (Fsp3) is 0.556. The number of nitrogens with zero attached hydrogens (tertiary/aromatic N) is 4. The third-order valence-corrected chi connectivity index (χ3v) is 5.16. The lowest BCUT2D eigenvalue weighted by atomic mass is 9.84. The van der Waals surface area contributed by atoms with Gasteiger partial charge in [-0.15, -0.1) is 0 Å². The minimum Gasteiger partial charge on any atom is -0.356 e. The van der Waals surface area contributed by atoms with Crippen LogP contribution >= 0.6 is 0 Å². The van der Waals surface area contributed by atoms with Crippen molar-refractivity contribution in [1.29, 1.82) is 0 Å². The standard InChI is InChI=1S/C18H23N5O2/c1-12-20-18(25-22-12)15-6-3-9-19-16(15)23-10-7-14(8-11-23)21-17(24)13-4-2-5-13/h3,6,9,13-14H,2,4-5,7-8,10-11H2,1H3,(H,21,24). The molecule has 1 saturated carbocycles. The molecule has 2 aromatic rings. The minimum atomic E-state index is 0.240. The van der Waals surface area contributed by atoms with Crippen molar-refractivity contribution >= 4 is 11.7 Å². The molecule has 7 nitrogen and oxygen atoms in total. The van der Waals surface area contributed by atoms with Gasteiger partial charge < -0.3 is 14.7 Å². The van der Waals surface area contributed by atoms with E-state index in [0.717, 1.165) is 50.2 Å². The number of aromatic nitrogens is 3. The van der Waals surface area contributed by atoms with E-state index >= 15 is 0 Å². The molecule has 2 fully saturated rings. The van der Waals surface area contributed by atoms with Gasteiger partial charge in [0.1, 0.15) is 5.82 Å². The second-order valence-corrected chi connectivity index (χ2v) is 6.92. The Bertz CT molecular complexity index is 747. The Morgan fingerprint density at radius 2 is 2.08 bits per heavy atom. The molecule has 3 heterocycles. The quantitative estimate of drug-likeness (QED) is 0.919. The van der Waals surface area contributed by atoms with E-state index in [0.29, 0.717) is 11.7 Å². The lowest BCUT2D eigenvalue weighted by Crippen LogP contribution is -2.47. The predicted octanol–water partition coefficient (Wildman–Crippen LogP) is 2.33. The van der Waals surface area contributed by atoms with Gasteiger partial charge in [-0.05, 0) is 44.7 Å². The second-order valence-electron chi connectivity index (χ2n) is 6.92. The van der Waals surface area contributed by atoms with Crippen LogP contribution in [0.3, 0.4) is 0 Å². The van der Waals surface area contributed by atoms with Crippen molar-refractivity contribution in [2.45, 2.75) is 45.1 Å².